The maximum absolute atomic E-state index is 12.5. The minimum absolute atomic E-state index is 0.0421. The van der Waals surface area contributed by atoms with E-state index in [2.05, 4.69) is 6.07 Å². The van der Waals surface area contributed by atoms with Gasteiger partial charge in [-0.1, -0.05) is 0 Å². The maximum atomic E-state index is 12.5. The normalized spacial score (nSPS) is 24.8. The van der Waals surface area contributed by atoms with Crippen molar-refractivity contribution in [3.63, 3.8) is 0 Å². The third-order valence-electron chi connectivity index (χ3n) is 5.24. The molecule has 1 aromatic carbocycles. The summed E-state index contributed by atoms with van der Waals surface area (Å²) >= 11 is 0. The van der Waals surface area contributed by atoms with E-state index in [1.165, 1.54) is 0 Å². The molecule has 126 valence electrons. The molecule has 0 aliphatic heterocycles. The number of rotatable bonds is 5. The van der Waals surface area contributed by atoms with Gasteiger partial charge in [0.25, 0.3) is 0 Å². The first-order valence-corrected chi connectivity index (χ1v) is 8.24. The van der Waals surface area contributed by atoms with Crippen LogP contribution in [-0.4, -0.2) is 25.8 Å². The standard InChI is InChI=1S/C19H21NO4/c1-23-14-7-13(8-15(10-14)24-2)12-3-4-16(17(21)9-12)18(22)19(11-20)5-6-19/h7-8,10,12,16H,3-6,9H2,1-2H3. The Morgan fingerprint density at radius 1 is 1.17 bits per heavy atom. The van der Waals surface area contributed by atoms with Crippen molar-refractivity contribution in [2.75, 3.05) is 14.2 Å². The van der Waals surface area contributed by atoms with Crippen molar-refractivity contribution < 1.29 is 19.1 Å². The first-order chi connectivity index (χ1) is 11.5. The number of hydrogen-bond donors (Lipinski definition) is 0. The average Bonchev–Trinajstić information content (AvgIpc) is 3.41. The van der Waals surface area contributed by atoms with Gasteiger partial charge in [0.15, 0.2) is 5.78 Å². The van der Waals surface area contributed by atoms with Crippen LogP contribution in [0.1, 0.15) is 43.6 Å². The highest BCUT2D eigenvalue weighted by atomic mass is 16.5. The zero-order valence-corrected chi connectivity index (χ0v) is 14.0. The molecule has 0 spiro atoms. The summed E-state index contributed by atoms with van der Waals surface area (Å²) in [5.41, 5.74) is 0.124. The summed E-state index contributed by atoms with van der Waals surface area (Å²) in [6, 6.07) is 7.74. The van der Waals surface area contributed by atoms with Gasteiger partial charge in [0.2, 0.25) is 0 Å². The van der Waals surface area contributed by atoms with Crippen LogP contribution in [0.2, 0.25) is 0 Å². The molecule has 5 heteroatoms. The number of carbonyl (C=O) groups excluding carboxylic acids is 2. The number of hydrogen-bond acceptors (Lipinski definition) is 5. The summed E-state index contributed by atoms with van der Waals surface area (Å²) < 4.78 is 10.6. The largest absolute Gasteiger partial charge is 0.497 e. The lowest BCUT2D eigenvalue weighted by atomic mass is 9.73. The van der Waals surface area contributed by atoms with E-state index in [4.69, 9.17) is 9.47 Å². The lowest BCUT2D eigenvalue weighted by Gasteiger charge is -2.28. The fraction of sp³-hybridized carbons (Fsp3) is 0.526. The quantitative estimate of drug-likeness (QED) is 0.777. The smallest absolute Gasteiger partial charge is 0.163 e. The molecule has 2 atom stereocenters. The molecule has 2 unspecified atom stereocenters. The third kappa shape index (κ3) is 2.89. The van der Waals surface area contributed by atoms with E-state index >= 15 is 0 Å². The molecule has 1 aromatic rings. The molecule has 0 amide bonds. The van der Waals surface area contributed by atoms with Gasteiger partial charge in [0, 0.05) is 12.5 Å². The summed E-state index contributed by atoms with van der Waals surface area (Å²) in [5.74, 6) is 0.641. The number of nitrogens with zero attached hydrogens (tertiary/aromatic N) is 1. The van der Waals surface area contributed by atoms with E-state index in [9.17, 15) is 14.9 Å². The van der Waals surface area contributed by atoms with Crippen LogP contribution in [-0.2, 0) is 9.59 Å². The first kappa shape index (κ1) is 16.5. The Kier molecular flexibility index (Phi) is 4.31. The average molecular weight is 327 g/mol. The second-order valence-corrected chi connectivity index (χ2v) is 6.70. The Labute approximate surface area is 141 Å². The first-order valence-electron chi connectivity index (χ1n) is 8.24. The fourth-order valence-corrected chi connectivity index (χ4v) is 3.51. The third-order valence-corrected chi connectivity index (χ3v) is 5.24. The predicted octanol–water partition coefficient (Wildman–Crippen LogP) is 3.03. The Bertz CT molecular complexity index is 692. The van der Waals surface area contributed by atoms with Crippen LogP contribution in [0.15, 0.2) is 18.2 Å². The van der Waals surface area contributed by atoms with Crippen LogP contribution in [0.4, 0.5) is 0 Å². The van der Waals surface area contributed by atoms with E-state index in [0.29, 0.717) is 37.2 Å². The molecular weight excluding hydrogens is 306 g/mol. The molecule has 0 saturated heterocycles. The summed E-state index contributed by atoms with van der Waals surface area (Å²) in [7, 11) is 3.19. The molecule has 2 fully saturated rings. The summed E-state index contributed by atoms with van der Waals surface area (Å²) in [6.45, 7) is 0. The van der Waals surface area contributed by atoms with Crippen LogP contribution in [0, 0.1) is 22.7 Å². The Balaban J connectivity index is 1.75. The molecule has 2 saturated carbocycles. The highest BCUT2D eigenvalue weighted by Crippen LogP contribution is 2.49. The van der Waals surface area contributed by atoms with Gasteiger partial charge in [0.1, 0.15) is 22.7 Å². The molecule has 0 aromatic heterocycles. The fourth-order valence-electron chi connectivity index (χ4n) is 3.51. The van der Waals surface area contributed by atoms with Crippen LogP contribution < -0.4 is 9.47 Å². The van der Waals surface area contributed by atoms with Crippen LogP contribution in [0.25, 0.3) is 0 Å². The SMILES string of the molecule is COc1cc(OC)cc(C2CCC(C(=O)C3(C#N)CC3)C(=O)C2)c1. The van der Waals surface area contributed by atoms with Crippen molar-refractivity contribution in [3.05, 3.63) is 23.8 Å². The molecular formula is C19H21NO4. The van der Waals surface area contributed by atoms with Crippen molar-refractivity contribution in [3.8, 4) is 17.6 Å². The number of carbonyl (C=O) groups is 2. The molecule has 0 radical (unpaired) electrons. The summed E-state index contributed by atoms with van der Waals surface area (Å²) in [5, 5.41) is 9.18. The highest BCUT2D eigenvalue weighted by molar-refractivity contribution is 6.07. The summed E-state index contributed by atoms with van der Waals surface area (Å²) in [4.78, 5) is 25.0. The number of ether oxygens (including phenoxy) is 2. The lowest BCUT2D eigenvalue weighted by Crippen LogP contribution is -2.34. The maximum Gasteiger partial charge on any atom is 0.163 e. The molecule has 0 N–H and O–H groups in total. The topological polar surface area (TPSA) is 76.4 Å². The Morgan fingerprint density at radius 3 is 2.25 bits per heavy atom. The van der Waals surface area contributed by atoms with E-state index < -0.39 is 11.3 Å². The number of methoxy groups -OCH3 is 2. The summed E-state index contributed by atoms with van der Waals surface area (Å²) in [6.07, 6.45) is 2.80. The number of Topliss-reactive ketones (excluding diaryl/α,β-unsaturated/α-hetero) is 2. The molecule has 0 bridgehead atoms. The van der Waals surface area contributed by atoms with Gasteiger partial charge in [-0.3, -0.25) is 9.59 Å². The van der Waals surface area contributed by atoms with E-state index in [1.54, 1.807) is 20.3 Å². The minimum atomic E-state index is -0.869. The van der Waals surface area contributed by atoms with E-state index in [0.717, 1.165) is 12.0 Å². The second kappa shape index (κ2) is 6.27. The molecule has 2 aliphatic carbocycles. The lowest BCUT2D eigenvalue weighted by molar-refractivity contribution is -0.136. The van der Waals surface area contributed by atoms with Gasteiger partial charge in [-0.15, -0.1) is 0 Å². The predicted molar refractivity (Wildman–Crippen MR) is 86.9 cm³/mol. The number of benzene rings is 1. The molecule has 24 heavy (non-hydrogen) atoms. The van der Waals surface area contributed by atoms with Crippen molar-refractivity contribution in [2.45, 2.75) is 38.0 Å². The second-order valence-electron chi connectivity index (χ2n) is 6.70. The van der Waals surface area contributed by atoms with Crippen molar-refractivity contribution >= 4 is 11.6 Å². The zero-order chi connectivity index (χ0) is 17.3. The minimum Gasteiger partial charge on any atom is -0.497 e. The Hall–Kier alpha value is -2.35. The van der Waals surface area contributed by atoms with Crippen molar-refractivity contribution in [2.24, 2.45) is 11.3 Å². The van der Waals surface area contributed by atoms with Gasteiger partial charge < -0.3 is 9.47 Å². The van der Waals surface area contributed by atoms with Gasteiger partial charge in [-0.05, 0) is 49.3 Å². The highest BCUT2D eigenvalue weighted by Gasteiger charge is 2.54. The van der Waals surface area contributed by atoms with E-state index in [1.807, 2.05) is 12.1 Å². The Morgan fingerprint density at radius 2 is 1.79 bits per heavy atom. The number of ketones is 2. The van der Waals surface area contributed by atoms with Crippen molar-refractivity contribution in [1.29, 1.82) is 5.26 Å². The van der Waals surface area contributed by atoms with Crippen LogP contribution in [0.5, 0.6) is 11.5 Å². The molecule has 2 aliphatic rings. The molecule has 5 nitrogen and oxygen atoms in total. The van der Waals surface area contributed by atoms with Crippen molar-refractivity contribution in [1.82, 2.24) is 0 Å². The number of nitriles is 1. The van der Waals surface area contributed by atoms with Crippen LogP contribution in [0.3, 0.4) is 0 Å². The van der Waals surface area contributed by atoms with Gasteiger partial charge in [-0.25, -0.2) is 0 Å². The van der Waals surface area contributed by atoms with E-state index in [-0.39, 0.29) is 17.5 Å². The van der Waals surface area contributed by atoms with Gasteiger partial charge in [-0.2, -0.15) is 5.26 Å². The zero-order valence-electron chi connectivity index (χ0n) is 14.0. The molecule has 3 rings (SSSR count). The van der Waals surface area contributed by atoms with Crippen LogP contribution >= 0.6 is 0 Å². The van der Waals surface area contributed by atoms with Gasteiger partial charge >= 0.3 is 0 Å². The molecule has 0 heterocycles. The van der Waals surface area contributed by atoms with Gasteiger partial charge in [0.05, 0.1) is 26.2 Å². The monoisotopic (exact) mass is 327 g/mol.